The molecular formula is C17H19ClN2O3. The molecule has 1 amide bonds. The molecule has 122 valence electrons. The summed E-state index contributed by atoms with van der Waals surface area (Å²) in [6, 6.07) is 6.63. The molecule has 0 bridgehead atoms. The van der Waals surface area contributed by atoms with E-state index in [1.54, 1.807) is 42.1 Å². The van der Waals surface area contributed by atoms with Crippen molar-refractivity contribution in [2.45, 2.75) is 20.3 Å². The average molecular weight is 335 g/mol. The molecule has 23 heavy (non-hydrogen) atoms. The summed E-state index contributed by atoms with van der Waals surface area (Å²) in [5.41, 5.74) is 1.38. The molecule has 6 heteroatoms. The van der Waals surface area contributed by atoms with Crippen LogP contribution in [0, 0.1) is 0 Å². The monoisotopic (exact) mass is 334 g/mol. The van der Waals surface area contributed by atoms with Gasteiger partial charge in [-0.2, -0.15) is 0 Å². The number of aromatic nitrogens is 1. The van der Waals surface area contributed by atoms with E-state index in [2.05, 4.69) is 5.32 Å². The number of carbonyl (C=O) groups is 2. The first-order valence-electron chi connectivity index (χ1n) is 7.33. The van der Waals surface area contributed by atoms with E-state index in [0.29, 0.717) is 34.3 Å². The van der Waals surface area contributed by atoms with Crippen LogP contribution in [0.2, 0.25) is 5.02 Å². The molecule has 0 aliphatic heterocycles. The molecule has 2 rings (SSSR count). The lowest BCUT2D eigenvalue weighted by Crippen LogP contribution is -2.16. The van der Waals surface area contributed by atoms with Crippen molar-refractivity contribution in [3.8, 4) is 5.75 Å². The van der Waals surface area contributed by atoms with Crippen molar-refractivity contribution in [2.75, 3.05) is 11.9 Å². The molecule has 0 saturated carbocycles. The quantitative estimate of drug-likeness (QED) is 0.814. The summed E-state index contributed by atoms with van der Waals surface area (Å²) in [7, 11) is 1.72. The van der Waals surface area contributed by atoms with Crippen molar-refractivity contribution in [2.24, 2.45) is 7.05 Å². The number of nitrogens with zero attached hydrogens (tertiary/aromatic N) is 1. The Morgan fingerprint density at radius 1 is 1.30 bits per heavy atom. The smallest absolute Gasteiger partial charge is 0.272 e. The minimum atomic E-state index is -0.330. The topological polar surface area (TPSA) is 60.3 Å². The first-order chi connectivity index (χ1) is 10.9. The molecule has 1 aromatic heterocycles. The molecule has 0 radical (unpaired) electrons. The van der Waals surface area contributed by atoms with Gasteiger partial charge in [-0.3, -0.25) is 9.59 Å². The van der Waals surface area contributed by atoms with Crippen molar-refractivity contribution in [1.29, 1.82) is 0 Å². The molecule has 5 nitrogen and oxygen atoms in total. The summed E-state index contributed by atoms with van der Waals surface area (Å²) < 4.78 is 7.23. The Morgan fingerprint density at radius 3 is 2.65 bits per heavy atom. The summed E-state index contributed by atoms with van der Waals surface area (Å²) in [6.45, 7) is 4.01. The summed E-state index contributed by atoms with van der Waals surface area (Å²) in [4.78, 5) is 23.9. The molecule has 0 aliphatic carbocycles. The van der Waals surface area contributed by atoms with E-state index in [4.69, 9.17) is 16.3 Å². The van der Waals surface area contributed by atoms with Crippen LogP contribution in [0.1, 0.15) is 41.1 Å². The number of aryl methyl sites for hydroxylation is 1. The zero-order chi connectivity index (χ0) is 17.0. The number of ketones is 1. The number of halogens is 1. The highest BCUT2D eigenvalue weighted by Gasteiger charge is 2.16. The highest BCUT2D eigenvalue weighted by Crippen LogP contribution is 2.28. The van der Waals surface area contributed by atoms with Crippen LogP contribution in [-0.4, -0.2) is 22.9 Å². The zero-order valence-corrected chi connectivity index (χ0v) is 14.1. The standard InChI is InChI=1S/C17H19ClN2O3/c1-4-7-23-16-6-5-13(18)9-14(16)19-17(22)15-8-12(11(2)21)10-20(15)3/h5-6,8-10H,4,7H2,1-3H3,(H,19,22). The van der Waals surface area contributed by atoms with Crippen molar-refractivity contribution in [1.82, 2.24) is 4.57 Å². The summed E-state index contributed by atoms with van der Waals surface area (Å²) in [5, 5.41) is 3.29. The number of anilines is 1. The van der Waals surface area contributed by atoms with Crippen molar-refractivity contribution < 1.29 is 14.3 Å². The van der Waals surface area contributed by atoms with Gasteiger partial charge < -0.3 is 14.6 Å². The number of benzene rings is 1. The highest BCUT2D eigenvalue weighted by molar-refractivity contribution is 6.31. The fourth-order valence-corrected chi connectivity index (χ4v) is 2.28. The van der Waals surface area contributed by atoms with Crippen LogP contribution < -0.4 is 10.1 Å². The minimum absolute atomic E-state index is 0.0885. The largest absolute Gasteiger partial charge is 0.491 e. The Labute approximate surface area is 140 Å². The van der Waals surface area contributed by atoms with Gasteiger partial charge in [-0.1, -0.05) is 18.5 Å². The lowest BCUT2D eigenvalue weighted by atomic mass is 10.2. The Balaban J connectivity index is 2.26. The van der Waals surface area contributed by atoms with E-state index in [1.165, 1.54) is 6.92 Å². The van der Waals surface area contributed by atoms with E-state index in [1.807, 2.05) is 6.92 Å². The number of hydrogen-bond acceptors (Lipinski definition) is 3. The molecule has 2 aromatic rings. The number of nitrogens with one attached hydrogen (secondary N) is 1. The van der Waals surface area contributed by atoms with Gasteiger partial charge in [0.25, 0.3) is 5.91 Å². The Morgan fingerprint density at radius 2 is 2.04 bits per heavy atom. The van der Waals surface area contributed by atoms with Crippen LogP contribution in [0.5, 0.6) is 5.75 Å². The minimum Gasteiger partial charge on any atom is -0.491 e. The van der Waals surface area contributed by atoms with Crippen LogP contribution in [0.3, 0.4) is 0 Å². The van der Waals surface area contributed by atoms with Crippen molar-refractivity contribution in [3.63, 3.8) is 0 Å². The second kappa shape index (κ2) is 7.33. The van der Waals surface area contributed by atoms with Crippen LogP contribution in [0.25, 0.3) is 0 Å². The molecule has 0 fully saturated rings. The fraction of sp³-hybridized carbons (Fsp3) is 0.294. The number of carbonyl (C=O) groups excluding carboxylic acids is 2. The number of Topliss-reactive ketones (excluding diaryl/α,β-unsaturated/α-hetero) is 1. The number of hydrogen-bond donors (Lipinski definition) is 1. The van der Waals surface area contributed by atoms with Crippen LogP contribution >= 0.6 is 11.6 Å². The van der Waals surface area contributed by atoms with Crippen molar-refractivity contribution in [3.05, 3.63) is 46.7 Å². The lowest BCUT2D eigenvalue weighted by molar-refractivity contribution is 0.101. The highest BCUT2D eigenvalue weighted by atomic mass is 35.5. The van der Waals surface area contributed by atoms with E-state index >= 15 is 0 Å². The Bertz CT molecular complexity index is 737. The lowest BCUT2D eigenvalue weighted by Gasteiger charge is -2.12. The molecular weight excluding hydrogens is 316 g/mol. The van der Waals surface area contributed by atoms with Gasteiger partial charge in [-0.05, 0) is 37.6 Å². The SMILES string of the molecule is CCCOc1ccc(Cl)cc1NC(=O)c1cc(C(C)=O)cn1C. The zero-order valence-electron chi connectivity index (χ0n) is 13.4. The molecule has 0 aliphatic rings. The maximum atomic E-state index is 12.5. The predicted molar refractivity (Wildman–Crippen MR) is 90.6 cm³/mol. The van der Waals surface area contributed by atoms with Gasteiger partial charge in [0.1, 0.15) is 11.4 Å². The molecule has 0 saturated heterocycles. The van der Waals surface area contributed by atoms with Gasteiger partial charge in [0.05, 0.1) is 12.3 Å². The van der Waals surface area contributed by atoms with Crippen LogP contribution in [-0.2, 0) is 7.05 Å². The second-order valence-electron chi connectivity index (χ2n) is 5.22. The predicted octanol–water partition coefficient (Wildman–Crippen LogP) is 3.92. The Kier molecular flexibility index (Phi) is 5.45. The van der Waals surface area contributed by atoms with Gasteiger partial charge in [-0.25, -0.2) is 0 Å². The summed E-state index contributed by atoms with van der Waals surface area (Å²) in [5.74, 6) is 0.142. The number of amides is 1. The Hall–Kier alpha value is -2.27. The molecule has 1 N–H and O–H groups in total. The molecule has 1 aromatic carbocycles. The van der Waals surface area contributed by atoms with Crippen LogP contribution in [0.4, 0.5) is 5.69 Å². The molecule has 0 atom stereocenters. The molecule has 0 spiro atoms. The number of ether oxygens (including phenoxy) is 1. The summed E-state index contributed by atoms with van der Waals surface area (Å²) in [6.07, 6.45) is 2.49. The number of rotatable bonds is 6. The van der Waals surface area contributed by atoms with Crippen molar-refractivity contribution >= 4 is 29.0 Å². The second-order valence-corrected chi connectivity index (χ2v) is 5.66. The van der Waals surface area contributed by atoms with Gasteiger partial charge >= 0.3 is 0 Å². The first-order valence-corrected chi connectivity index (χ1v) is 7.71. The molecule has 0 unspecified atom stereocenters. The maximum Gasteiger partial charge on any atom is 0.272 e. The maximum absolute atomic E-state index is 12.5. The summed E-state index contributed by atoms with van der Waals surface area (Å²) >= 11 is 6.00. The third-order valence-corrected chi connectivity index (χ3v) is 3.53. The normalized spacial score (nSPS) is 10.4. The third-order valence-electron chi connectivity index (χ3n) is 3.30. The van der Waals surface area contributed by atoms with E-state index < -0.39 is 0 Å². The van der Waals surface area contributed by atoms with Gasteiger partial charge in [0, 0.05) is 23.8 Å². The fourth-order valence-electron chi connectivity index (χ4n) is 2.11. The van der Waals surface area contributed by atoms with E-state index in [0.717, 1.165) is 6.42 Å². The van der Waals surface area contributed by atoms with Gasteiger partial charge in [-0.15, -0.1) is 0 Å². The molecule has 1 heterocycles. The third kappa shape index (κ3) is 4.13. The van der Waals surface area contributed by atoms with Gasteiger partial charge in [0.2, 0.25) is 0 Å². The van der Waals surface area contributed by atoms with E-state index in [-0.39, 0.29) is 11.7 Å². The average Bonchev–Trinajstić information content (AvgIpc) is 2.89. The first kappa shape index (κ1) is 17.1. The van der Waals surface area contributed by atoms with Crippen LogP contribution in [0.15, 0.2) is 30.5 Å². The van der Waals surface area contributed by atoms with Gasteiger partial charge in [0.15, 0.2) is 5.78 Å². The van der Waals surface area contributed by atoms with E-state index in [9.17, 15) is 9.59 Å².